The lowest BCUT2D eigenvalue weighted by Crippen LogP contribution is -2.19. The van der Waals surface area contributed by atoms with Gasteiger partial charge in [0.2, 0.25) is 5.90 Å². The molecule has 0 fully saturated rings. The van der Waals surface area contributed by atoms with Crippen LogP contribution in [-0.2, 0) is 10.7 Å². The molecule has 0 atom stereocenters. The van der Waals surface area contributed by atoms with E-state index >= 15 is 0 Å². The first kappa shape index (κ1) is 14.2. The number of para-hydroxylation sites is 1. The Morgan fingerprint density at radius 1 is 1.25 bits per heavy atom. The van der Waals surface area contributed by atoms with Gasteiger partial charge in [-0.1, -0.05) is 43.5 Å². The lowest BCUT2D eigenvalue weighted by molar-refractivity contribution is -0.00254. The van der Waals surface area contributed by atoms with Crippen molar-refractivity contribution < 1.29 is 13.5 Å². The molecule has 0 aromatic heterocycles. The normalized spacial score (nSPS) is 21.1. The van der Waals surface area contributed by atoms with Gasteiger partial charge >= 0.3 is 0 Å². The van der Waals surface area contributed by atoms with Crippen LogP contribution in [0.15, 0.2) is 65.7 Å². The molecule has 104 valence electrons. The van der Waals surface area contributed by atoms with Crippen molar-refractivity contribution in [3.8, 4) is 0 Å². The monoisotopic (exact) mass is 275 g/mol. The van der Waals surface area contributed by atoms with E-state index in [0.29, 0.717) is 11.1 Å². The summed E-state index contributed by atoms with van der Waals surface area (Å²) in [4.78, 5) is 4.20. The van der Waals surface area contributed by atoms with E-state index in [1.807, 2.05) is 0 Å². The molecular formula is C16H15F2NO. The van der Waals surface area contributed by atoms with Gasteiger partial charge in [0.15, 0.2) is 0 Å². The molecule has 2 rings (SSSR count). The average molecular weight is 275 g/mol. The maximum atomic E-state index is 14.4. The highest BCUT2D eigenvalue weighted by atomic mass is 19.3. The smallest absolute Gasteiger partial charge is 0.279 e. The number of halogens is 2. The number of nitrogens with zero attached hydrogens (tertiary/aromatic N) is 1. The van der Waals surface area contributed by atoms with Crippen molar-refractivity contribution in [2.75, 3.05) is 7.11 Å². The molecule has 0 unspecified atom stereocenters. The third-order valence-corrected chi connectivity index (χ3v) is 3.15. The Labute approximate surface area is 116 Å². The first-order valence-electron chi connectivity index (χ1n) is 6.12. The van der Waals surface area contributed by atoms with Gasteiger partial charge in [-0.25, -0.2) is 13.8 Å². The first-order chi connectivity index (χ1) is 9.53. The molecule has 0 aliphatic carbocycles. The second-order valence-corrected chi connectivity index (χ2v) is 4.37. The van der Waals surface area contributed by atoms with E-state index in [2.05, 4.69) is 18.2 Å². The Kier molecular flexibility index (Phi) is 3.84. The van der Waals surface area contributed by atoms with Crippen molar-refractivity contribution >= 4 is 11.6 Å². The number of hydrogen-bond acceptors (Lipinski definition) is 2. The lowest BCUT2D eigenvalue weighted by atomic mass is 9.94. The van der Waals surface area contributed by atoms with Crippen LogP contribution >= 0.6 is 0 Å². The van der Waals surface area contributed by atoms with Gasteiger partial charge in [-0.05, 0) is 11.6 Å². The maximum absolute atomic E-state index is 14.4. The van der Waals surface area contributed by atoms with Gasteiger partial charge < -0.3 is 4.74 Å². The van der Waals surface area contributed by atoms with Crippen LogP contribution in [0.4, 0.5) is 14.5 Å². The summed E-state index contributed by atoms with van der Waals surface area (Å²) >= 11 is 0. The van der Waals surface area contributed by atoms with E-state index in [1.54, 1.807) is 18.2 Å². The summed E-state index contributed by atoms with van der Waals surface area (Å²) in [6, 6.07) is 6.16. The standard InChI is InChI=1S/C16H15F2NO/c1-4-11-10-16(17,18)13-8-6-7-9-14(13)19-15(20-3)12(11)5-2/h4-9H,1-2,10H2,3H3/b12-11-,19-15?. The molecule has 0 N–H and O–H groups in total. The quantitative estimate of drug-likeness (QED) is 0.777. The van der Waals surface area contributed by atoms with E-state index in [9.17, 15) is 8.78 Å². The number of allylic oxidation sites excluding steroid dienone is 2. The predicted octanol–water partition coefficient (Wildman–Crippen LogP) is 4.53. The van der Waals surface area contributed by atoms with Gasteiger partial charge in [-0.15, -0.1) is 0 Å². The van der Waals surface area contributed by atoms with Crippen LogP contribution in [0.1, 0.15) is 12.0 Å². The molecule has 1 heterocycles. The van der Waals surface area contributed by atoms with Crippen molar-refractivity contribution in [1.82, 2.24) is 0 Å². The number of benzene rings is 1. The molecule has 1 aliphatic rings. The predicted molar refractivity (Wildman–Crippen MR) is 76.5 cm³/mol. The number of aliphatic imine (C=N–C) groups is 1. The van der Waals surface area contributed by atoms with Crippen LogP contribution in [0.2, 0.25) is 0 Å². The summed E-state index contributed by atoms with van der Waals surface area (Å²) < 4.78 is 34.0. The number of hydrogen-bond donors (Lipinski definition) is 0. The molecule has 0 spiro atoms. The van der Waals surface area contributed by atoms with Crippen LogP contribution in [0.3, 0.4) is 0 Å². The topological polar surface area (TPSA) is 21.6 Å². The Morgan fingerprint density at radius 2 is 1.95 bits per heavy atom. The summed E-state index contributed by atoms with van der Waals surface area (Å²) in [5.74, 6) is -2.75. The van der Waals surface area contributed by atoms with Crippen molar-refractivity contribution in [1.29, 1.82) is 0 Å². The largest absolute Gasteiger partial charge is 0.481 e. The van der Waals surface area contributed by atoms with Crippen LogP contribution in [0.5, 0.6) is 0 Å². The highest BCUT2D eigenvalue weighted by Crippen LogP contribution is 2.42. The summed E-state index contributed by atoms with van der Waals surface area (Å²) in [7, 11) is 1.45. The molecule has 4 heteroatoms. The Morgan fingerprint density at radius 3 is 2.55 bits per heavy atom. The minimum Gasteiger partial charge on any atom is -0.481 e. The van der Waals surface area contributed by atoms with Crippen LogP contribution < -0.4 is 0 Å². The van der Waals surface area contributed by atoms with E-state index in [0.717, 1.165) is 0 Å². The number of methoxy groups -OCH3 is 1. The van der Waals surface area contributed by atoms with E-state index in [1.165, 1.54) is 25.3 Å². The summed E-state index contributed by atoms with van der Waals surface area (Å²) in [6.07, 6.45) is 2.40. The van der Waals surface area contributed by atoms with E-state index < -0.39 is 12.3 Å². The molecule has 0 saturated carbocycles. The third kappa shape index (κ3) is 2.41. The molecular weight excluding hydrogens is 260 g/mol. The lowest BCUT2D eigenvalue weighted by Gasteiger charge is -2.23. The number of ether oxygens (including phenoxy) is 1. The summed E-state index contributed by atoms with van der Waals surface area (Å²) in [5, 5.41) is 0. The second kappa shape index (κ2) is 5.41. The SMILES string of the molecule is C=C/C1=C(\C=C)C(OC)=Nc2ccccc2C(F)(F)C1. The fraction of sp³-hybridized carbons (Fsp3) is 0.188. The number of fused-ring (bicyclic) bond motifs is 1. The molecule has 0 amide bonds. The molecule has 2 nitrogen and oxygen atoms in total. The van der Waals surface area contributed by atoms with Gasteiger partial charge in [0, 0.05) is 17.6 Å². The van der Waals surface area contributed by atoms with Crippen LogP contribution in [0.25, 0.3) is 0 Å². The zero-order valence-electron chi connectivity index (χ0n) is 11.2. The van der Waals surface area contributed by atoms with Crippen LogP contribution in [-0.4, -0.2) is 13.0 Å². The first-order valence-corrected chi connectivity index (χ1v) is 6.12. The second-order valence-electron chi connectivity index (χ2n) is 4.37. The minimum absolute atomic E-state index is 0.114. The molecule has 1 aromatic carbocycles. The summed E-state index contributed by atoms with van der Waals surface area (Å²) in [6.45, 7) is 7.24. The van der Waals surface area contributed by atoms with Gasteiger partial charge in [0.1, 0.15) is 0 Å². The molecule has 1 aromatic rings. The van der Waals surface area contributed by atoms with E-state index in [-0.39, 0.29) is 17.1 Å². The van der Waals surface area contributed by atoms with Crippen molar-refractivity contribution in [2.45, 2.75) is 12.3 Å². The zero-order chi connectivity index (χ0) is 14.8. The molecule has 1 aliphatic heterocycles. The number of alkyl halides is 2. The fourth-order valence-electron chi connectivity index (χ4n) is 2.17. The summed E-state index contributed by atoms with van der Waals surface area (Å²) in [5.41, 5.74) is 0.894. The molecule has 0 saturated heterocycles. The third-order valence-electron chi connectivity index (χ3n) is 3.15. The molecule has 0 radical (unpaired) electrons. The van der Waals surface area contributed by atoms with Gasteiger partial charge in [-0.2, -0.15) is 0 Å². The maximum Gasteiger partial charge on any atom is 0.279 e. The van der Waals surface area contributed by atoms with Gasteiger partial charge in [-0.3, -0.25) is 0 Å². The highest BCUT2D eigenvalue weighted by molar-refractivity contribution is 5.99. The van der Waals surface area contributed by atoms with Crippen LogP contribution in [0, 0.1) is 0 Å². The van der Waals surface area contributed by atoms with E-state index in [4.69, 9.17) is 4.74 Å². The minimum atomic E-state index is -3.02. The average Bonchev–Trinajstić information content (AvgIpc) is 2.44. The van der Waals surface area contributed by atoms with Crippen molar-refractivity contribution in [2.24, 2.45) is 4.99 Å². The number of rotatable bonds is 2. The Balaban J connectivity index is 2.76. The Bertz CT molecular complexity index is 615. The highest BCUT2D eigenvalue weighted by Gasteiger charge is 2.36. The fourth-order valence-corrected chi connectivity index (χ4v) is 2.17. The molecule has 20 heavy (non-hydrogen) atoms. The molecule has 0 bridgehead atoms. The Hall–Kier alpha value is -2.23. The van der Waals surface area contributed by atoms with Crippen molar-refractivity contribution in [3.63, 3.8) is 0 Å². The zero-order valence-corrected chi connectivity index (χ0v) is 11.2. The van der Waals surface area contributed by atoms with Gasteiger partial charge in [0.05, 0.1) is 12.8 Å². The van der Waals surface area contributed by atoms with Crippen molar-refractivity contribution in [3.05, 3.63) is 66.3 Å². The van der Waals surface area contributed by atoms with Gasteiger partial charge in [0.25, 0.3) is 5.92 Å².